The number of nitrogens with zero attached hydrogens (tertiary/aromatic N) is 5. The quantitative estimate of drug-likeness (QED) is 0.830. The third-order valence-corrected chi connectivity index (χ3v) is 4.98. The van der Waals surface area contributed by atoms with E-state index < -0.39 is 0 Å². The highest BCUT2D eigenvalue weighted by molar-refractivity contribution is 7.13. The first kappa shape index (κ1) is 17.8. The van der Waals surface area contributed by atoms with Crippen molar-refractivity contribution in [1.82, 2.24) is 30.2 Å². The average molecular weight is 364 g/mol. The summed E-state index contributed by atoms with van der Waals surface area (Å²) < 4.78 is 5.22. The van der Waals surface area contributed by atoms with Crippen LogP contribution in [0, 0.1) is 0 Å². The SMILES string of the molecule is CN(C)CCN1CCN(C(=O)NCc2noc(-c3cccs3)n2)CC1. The van der Waals surface area contributed by atoms with Crippen LogP contribution < -0.4 is 5.32 Å². The number of rotatable bonds is 6. The van der Waals surface area contributed by atoms with Gasteiger partial charge in [0.2, 0.25) is 0 Å². The van der Waals surface area contributed by atoms with Crippen LogP contribution in [0.1, 0.15) is 5.82 Å². The molecule has 1 fully saturated rings. The minimum atomic E-state index is -0.0743. The van der Waals surface area contributed by atoms with E-state index in [9.17, 15) is 4.79 Å². The van der Waals surface area contributed by atoms with Crippen molar-refractivity contribution in [2.24, 2.45) is 0 Å². The van der Waals surface area contributed by atoms with Crippen molar-refractivity contribution in [2.75, 3.05) is 53.4 Å². The lowest BCUT2D eigenvalue weighted by molar-refractivity contribution is 0.133. The maximum Gasteiger partial charge on any atom is 0.317 e. The Labute approximate surface area is 151 Å². The van der Waals surface area contributed by atoms with E-state index in [0.717, 1.165) is 44.1 Å². The number of nitrogens with one attached hydrogen (secondary N) is 1. The topological polar surface area (TPSA) is 77.7 Å². The zero-order chi connectivity index (χ0) is 17.6. The van der Waals surface area contributed by atoms with Gasteiger partial charge in [0.1, 0.15) is 0 Å². The Kier molecular flexibility index (Phi) is 6.00. The summed E-state index contributed by atoms with van der Waals surface area (Å²) in [6, 6.07) is 3.79. The minimum Gasteiger partial charge on any atom is -0.333 e. The van der Waals surface area contributed by atoms with Gasteiger partial charge < -0.3 is 19.6 Å². The lowest BCUT2D eigenvalue weighted by Crippen LogP contribution is -2.52. The molecule has 3 heterocycles. The number of amides is 2. The fraction of sp³-hybridized carbons (Fsp3) is 0.562. The fourth-order valence-corrected chi connectivity index (χ4v) is 3.25. The second kappa shape index (κ2) is 8.41. The normalized spacial score (nSPS) is 15.7. The number of piperazine rings is 1. The minimum absolute atomic E-state index is 0.0743. The third-order valence-electron chi connectivity index (χ3n) is 4.12. The second-order valence-electron chi connectivity index (χ2n) is 6.28. The number of likely N-dealkylation sites (N-methyl/N-ethyl adjacent to an activating group) is 1. The molecule has 0 unspecified atom stereocenters. The molecule has 2 aromatic rings. The molecule has 3 rings (SSSR count). The second-order valence-corrected chi connectivity index (χ2v) is 7.23. The molecule has 8 nitrogen and oxygen atoms in total. The number of carbonyl (C=O) groups is 1. The van der Waals surface area contributed by atoms with Gasteiger partial charge in [-0.3, -0.25) is 4.90 Å². The lowest BCUT2D eigenvalue weighted by atomic mass is 10.3. The first-order valence-electron chi connectivity index (χ1n) is 8.38. The van der Waals surface area contributed by atoms with Crippen molar-refractivity contribution in [2.45, 2.75) is 6.54 Å². The largest absolute Gasteiger partial charge is 0.333 e. The van der Waals surface area contributed by atoms with Crippen molar-refractivity contribution in [3.05, 3.63) is 23.3 Å². The summed E-state index contributed by atoms with van der Waals surface area (Å²) in [5, 5.41) is 8.75. The molecule has 0 aliphatic carbocycles. The summed E-state index contributed by atoms with van der Waals surface area (Å²) in [5.41, 5.74) is 0. The van der Waals surface area contributed by atoms with Crippen LogP contribution in [0.5, 0.6) is 0 Å². The number of carbonyl (C=O) groups excluding carboxylic acids is 1. The first-order valence-corrected chi connectivity index (χ1v) is 9.26. The smallest absolute Gasteiger partial charge is 0.317 e. The van der Waals surface area contributed by atoms with Gasteiger partial charge in [-0.05, 0) is 25.5 Å². The summed E-state index contributed by atoms with van der Waals surface area (Å²) in [7, 11) is 4.15. The molecule has 0 saturated carbocycles. The van der Waals surface area contributed by atoms with Gasteiger partial charge in [0.25, 0.3) is 5.89 Å². The van der Waals surface area contributed by atoms with Crippen molar-refractivity contribution < 1.29 is 9.32 Å². The van der Waals surface area contributed by atoms with E-state index in [4.69, 9.17) is 4.52 Å². The van der Waals surface area contributed by atoms with Gasteiger partial charge in [0.05, 0.1) is 11.4 Å². The maximum absolute atomic E-state index is 12.3. The van der Waals surface area contributed by atoms with Crippen LogP contribution in [0.25, 0.3) is 10.8 Å². The molecule has 136 valence electrons. The molecule has 1 N–H and O–H groups in total. The predicted molar refractivity (Wildman–Crippen MR) is 96.4 cm³/mol. The molecule has 1 aliphatic rings. The van der Waals surface area contributed by atoms with Crippen molar-refractivity contribution in [1.29, 1.82) is 0 Å². The monoisotopic (exact) mass is 364 g/mol. The first-order chi connectivity index (χ1) is 12.1. The maximum atomic E-state index is 12.3. The molecule has 25 heavy (non-hydrogen) atoms. The molecule has 9 heteroatoms. The van der Waals surface area contributed by atoms with Crippen molar-refractivity contribution >= 4 is 17.4 Å². The number of thiophene rings is 1. The van der Waals surface area contributed by atoms with Crippen LogP contribution >= 0.6 is 11.3 Å². The predicted octanol–water partition coefficient (Wildman–Crippen LogP) is 1.19. The molecular formula is C16H24N6O2S. The zero-order valence-electron chi connectivity index (χ0n) is 14.6. The van der Waals surface area contributed by atoms with Gasteiger partial charge in [-0.15, -0.1) is 11.3 Å². The van der Waals surface area contributed by atoms with Crippen molar-refractivity contribution in [3.8, 4) is 10.8 Å². The molecule has 0 spiro atoms. The Morgan fingerprint density at radius 3 is 2.84 bits per heavy atom. The lowest BCUT2D eigenvalue weighted by Gasteiger charge is -2.35. The van der Waals surface area contributed by atoms with Crippen LogP contribution in [-0.2, 0) is 6.54 Å². The molecule has 2 amide bonds. The van der Waals surface area contributed by atoms with Gasteiger partial charge in [0, 0.05) is 39.3 Å². The Hall–Kier alpha value is -1.97. The van der Waals surface area contributed by atoms with Crippen LogP contribution in [0.15, 0.2) is 22.0 Å². The molecule has 1 saturated heterocycles. The summed E-state index contributed by atoms with van der Waals surface area (Å²) >= 11 is 1.54. The average Bonchev–Trinajstić information content (AvgIpc) is 3.29. The molecule has 0 aromatic carbocycles. The van der Waals surface area contributed by atoms with E-state index in [1.165, 1.54) is 0 Å². The Balaban J connectivity index is 1.41. The standard InChI is InChI=1S/C16H24N6O2S/c1-20(2)5-6-21-7-9-22(10-8-21)16(23)17-12-14-18-15(24-19-14)13-4-3-11-25-13/h3-4,11H,5-10,12H2,1-2H3,(H,17,23). The van der Waals surface area contributed by atoms with E-state index in [1.54, 1.807) is 11.3 Å². The van der Waals surface area contributed by atoms with Gasteiger partial charge >= 0.3 is 6.03 Å². The molecular weight excluding hydrogens is 340 g/mol. The highest BCUT2D eigenvalue weighted by atomic mass is 32.1. The fourth-order valence-electron chi connectivity index (χ4n) is 2.61. The number of aromatic nitrogens is 2. The summed E-state index contributed by atoms with van der Waals surface area (Å²) in [6.45, 7) is 5.65. The highest BCUT2D eigenvalue weighted by Crippen LogP contribution is 2.22. The Bertz CT molecular complexity index is 664. The Morgan fingerprint density at radius 2 is 2.16 bits per heavy atom. The van der Waals surface area contributed by atoms with Crippen LogP contribution in [-0.4, -0.2) is 84.2 Å². The van der Waals surface area contributed by atoms with Gasteiger partial charge in [-0.2, -0.15) is 4.98 Å². The van der Waals surface area contributed by atoms with Crippen LogP contribution in [0.3, 0.4) is 0 Å². The van der Waals surface area contributed by atoms with Gasteiger partial charge in [-0.25, -0.2) is 4.79 Å². The van der Waals surface area contributed by atoms with Crippen molar-refractivity contribution in [3.63, 3.8) is 0 Å². The molecule has 0 atom stereocenters. The van der Waals surface area contributed by atoms with E-state index >= 15 is 0 Å². The Morgan fingerprint density at radius 1 is 1.36 bits per heavy atom. The van der Waals surface area contributed by atoms with E-state index in [0.29, 0.717) is 11.7 Å². The number of hydrogen-bond donors (Lipinski definition) is 1. The number of urea groups is 1. The van der Waals surface area contributed by atoms with E-state index in [1.807, 2.05) is 22.4 Å². The van der Waals surface area contributed by atoms with Gasteiger partial charge in [-0.1, -0.05) is 11.2 Å². The van der Waals surface area contributed by atoms with Crippen LogP contribution in [0.4, 0.5) is 4.79 Å². The molecule has 0 bridgehead atoms. The zero-order valence-corrected chi connectivity index (χ0v) is 15.5. The highest BCUT2D eigenvalue weighted by Gasteiger charge is 2.21. The molecule has 0 radical (unpaired) electrons. The third kappa shape index (κ3) is 5.00. The van der Waals surface area contributed by atoms with Crippen LogP contribution in [0.2, 0.25) is 0 Å². The van der Waals surface area contributed by atoms with Gasteiger partial charge in [0.15, 0.2) is 5.82 Å². The summed E-state index contributed by atoms with van der Waals surface area (Å²) in [4.78, 5) is 23.9. The molecule has 1 aliphatic heterocycles. The van der Waals surface area contributed by atoms with E-state index in [-0.39, 0.29) is 12.6 Å². The summed E-state index contributed by atoms with van der Waals surface area (Å²) in [6.07, 6.45) is 0. The summed E-state index contributed by atoms with van der Waals surface area (Å²) in [5.74, 6) is 0.982. The van der Waals surface area contributed by atoms with E-state index in [2.05, 4.69) is 39.4 Å². The molecule has 2 aromatic heterocycles. The number of hydrogen-bond acceptors (Lipinski definition) is 7.